The first-order chi connectivity index (χ1) is 7.22. The number of ether oxygens (including phenoxy) is 1. The van der Waals surface area contributed by atoms with E-state index in [0.717, 1.165) is 31.2 Å². The first kappa shape index (κ1) is 10.7. The van der Waals surface area contributed by atoms with Crippen molar-refractivity contribution < 1.29 is 14.3 Å². The molecule has 0 spiro atoms. The average molecular weight is 210 g/mol. The fraction of sp³-hybridized carbons (Fsp3) is 0.667. The summed E-state index contributed by atoms with van der Waals surface area (Å²) in [6.45, 7) is 0. The molecule has 0 bridgehead atoms. The second-order valence-corrected chi connectivity index (χ2v) is 4.47. The summed E-state index contributed by atoms with van der Waals surface area (Å²) < 4.78 is 10.3. The van der Waals surface area contributed by atoms with Crippen molar-refractivity contribution in [3.05, 3.63) is 24.2 Å². The Kier molecular flexibility index (Phi) is 3.12. The van der Waals surface area contributed by atoms with Gasteiger partial charge in [0.05, 0.1) is 24.2 Å². The lowest BCUT2D eigenvalue weighted by molar-refractivity contribution is -0.0428. The molecule has 0 atom stereocenters. The molecule has 0 aromatic carbocycles. The van der Waals surface area contributed by atoms with Gasteiger partial charge in [-0.05, 0) is 37.3 Å². The maximum Gasteiger partial charge on any atom is 0.0935 e. The molecular weight excluding hydrogens is 192 g/mol. The van der Waals surface area contributed by atoms with Gasteiger partial charge >= 0.3 is 0 Å². The summed E-state index contributed by atoms with van der Waals surface area (Å²) in [4.78, 5) is 0. The Morgan fingerprint density at radius 1 is 1.53 bits per heavy atom. The Morgan fingerprint density at radius 2 is 2.27 bits per heavy atom. The largest absolute Gasteiger partial charge is 0.472 e. The number of aliphatic hydroxyl groups is 1. The minimum Gasteiger partial charge on any atom is -0.472 e. The molecule has 0 radical (unpaired) electrons. The molecule has 1 fully saturated rings. The van der Waals surface area contributed by atoms with Crippen LogP contribution in [0.4, 0.5) is 0 Å². The predicted octanol–water partition coefficient (Wildman–Crippen LogP) is 2.14. The highest BCUT2D eigenvalue weighted by Crippen LogP contribution is 2.32. The van der Waals surface area contributed by atoms with Crippen LogP contribution in [0.3, 0.4) is 0 Å². The Bertz CT molecular complexity index is 284. The zero-order chi connectivity index (χ0) is 10.7. The van der Waals surface area contributed by atoms with Crippen molar-refractivity contribution in [3.8, 4) is 0 Å². The molecule has 2 rings (SSSR count). The van der Waals surface area contributed by atoms with E-state index in [1.165, 1.54) is 0 Å². The minimum absolute atomic E-state index is 0.328. The van der Waals surface area contributed by atoms with E-state index in [0.29, 0.717) is 12.5 Å². The van der Waals surface area contributed by atoms with Gasteiger partial charge in [0.1, 0.15) is 0 Å². The van der Waals surface area contributed by atoms with Crippen molar-refractivity contribution in [1.82, 2.24) is 0 Å². The zero-order valence-corrected chi connectivity index (χ0v) is 9.11. The molecule has 0 saturated heterocycles. The van der Waals surface area contributed by atoms with Gasteiger partial charge in [-0.2, -0.15) is 0 Å². The van der Waals surface area contributed by atoms with E-state index in [1.54, 1.807) is 19.6 Å². The van der Waals surface area contributed by atoms with Gasteiger partial charge in [0.25, 0.3) is 0 Å². The molecule has 1 aliphatic rings. The minimum atomic E-state index is -0.557. The Hall–Kier alpha value is -0.800. The van der Waals surface area contributed by atoms with Gasteiger partial charge < -0.3 is 14.3 Å². The quantitative estimate of drug-likeness (QED) is 0.831. The van der Waals surface area contributed by atoms with E-state index in [9.17, 15) is 5.11 Å². The van der Waals surface area contributed by atoms with Gasteiger partial charge in [0.15, 0.2) is 0 Å². The summed E-state index contributed by atoms with van der Waals surface area (Å²) in [6.07, 6.45) is 7.91. The molecule has 1 heterocycles. The third kappa shape index (κ3) is 2.61. The van der Waals surface area contributed by atoms with Crippen molar-refractivity contribution in [3.63, 3.8) is 0 Å². The molecule has 1 saturated carbocycles. The van der Waals surface area contributed by atoms with E-state index in [4.69, 9.17) is 9.15 Å². The zero-order valence-electron chi connectivity index (χ0n) is 9.11. The second kappa shape index (κ2) is 4.37. The molecule has 15 heavy (non-hydrogen) atoms. The Morgan fingerprint density at radius 3 is 2.80 bits per heavy atom. The van der Waals surface area contributed by atoms with Gasteiger partial charge in [-0.15, -0.1) is 0 Å². The van der Waals surface area contributed by atoms with Crippen LogP contribution in [0.15, 0.2) is 23.0 Å². The fourth-order valence-electron chi connectivity index (χ4n) is 2.31. The first-order valence-electron chi connectivity index (χ1n) is 5.48. The van der Waals surface area contributed by atoms with Crippen LogP contribution in [0.2, 0.25) is 0 Å². The molecule has 1 aliphatic carbocycles. The molecule has 0 aliphatic heterocycles. The topological polar surface area (TPSA) is 42.6 Å². The van der Waals surface area contributed by atoms with Crippen LogP contribution in [0.25, 0.3) is 0 Å². The van der Waals surface area contributed by atoms with Crippen LogP contribution in [-0.2, 0) is 11.2 Å². The van der Waals surface area contributed by atoms with Crippen LogP contribution in [0.5, 0.6) is 0 Å². The van der Waals surface area contributed by atoms with Crippen LogP contribution in [0.1, 0.15) is 31.2 Å². The van der Waals surface area contributed by atoms with Gasteiger partial charge in [-0.3, -0.25) is 0 Å². The molecule has 3 nitrogen and oxygen atoms in total. The summed E-state index contributed by atoms with van der Waals surface area (Å²) in [5.74, 6) is 0. The molecule has 3 heteroatoms. The number of methoxy groups -OCH3 is 1. The maximum absolute atomic E-state index is 10.4. The summed E-state index contributed by atoms with van der Waals surface area (Å²) in [7, 11) is 1.74. The monoisotopic (exact) mass is 210 g/mol. The summed E-state index contributed by atoms with van der Waals surface area (Å²) in [6, 6.07) is 1.92. The molecule has 1 aromatic heterocycles. The lowest BCUT2D eigenvalue weighted by atomic mass is 9.80. The number of furan rings is 1. The van der Waals surface area contributed by atoms with Crippen molar-refractivity contribution in [2.75, 3.05) is 7.11 Å². The summed E-state index contributed by atoms with van der Waals surface area (Å²) in [5, 5.41) is 10.4. The molecule has 84 valence electrons. The smallest absolute Gasteiger partial charge is 0.0935 e. The second-order valence-electron chi connectivity index (χ2n) is 4.47. The van der Waals surface area contributed by atoms with Gasteiger partial charge in [-0.25, -0.2) is 0 Å². The van der Waals surface area contributed by atoms with Gasteiger partial charge in [-0.1, -0.05) is 0 Å². The van der Waals surface area contributed by atoms with E-state index >= 15 is 0 Å². The molecule has 1 N–H and O–H groups in total. The molecule has 0 unspecified atom stereocenters. The van der Waals surface area contributed by atoms with Gasteiger partial charge in [0.2, 0.25) is 0 Å². The lowest BCUT2D eigenvalue weighted by Gasteiger charge is -2.35. The highest BCUT2D eigenvalue weighted by molar-refractivity contribution is 5.10. The van der Waals surface area contributed by atoms with Crippen LogP contribution >= 0.6 is 0 Å². The van der Waals surface area contributed by atoms with E-state index in [1.807, 2.05) is 6.07 Å². The molecule has 0 amide bonds. The SMILES string of the molecule is COC1CCC(O)(Cc2ccoc2)CC1. The summed E-state index contributed by atoms with van der Waals surface area (Å²) >= 11 is 0. The first-order valence-corrected chi connectivity index (χ1v) is 5.48. The standard InChI is InChI=1S/C12H18O3/c1-14-11-2-5-12(13,6-3-11)8-10-4-7-15-9-10/h4,7,9,11,13H,2-3,5-6,8H2,1H3. The lowest BCUT2D eigenvalue weighted by Crippen LogP contribution is -2.38. The number of rotatable bonds is 3. The number of hydrogen-bond acceptors (Lipinski definition) is 3. The van der Waals surface area contributed by atoms with E-state index in [-0.39, 0.29) is 0 Å². The van der Waals surface area contributed by atoms with Crippen molar-refractivity contribution in [2.24, 2.45) is 0 Å². The average Bonchev–Trinajstić information content (AvgIpc) is 2.71. The fourth-order valence-corrected chi connectivity index (χ4v) is 2.31. The van der Waals surface area contributed by atoms with Crippen molar-refractivity contribution in [1.29, 1.82) is 0 Å². The third-order valence-corrected chi connectivity index (χ3v) is 3.31. The molecular formula is C12H18O3. The van der Waals surface area contributed by atoms with Crippen molar-refractivity contribution in [2.45, 2.75) is 43.8 Å². The Labute approximate surface area is 90.0 Å². The Balaban J connectivity index is 1.92. The number of hydrogen-bond donors (Lipinski definition) is 1. The maximum atomic E-state index is 10.4. The van der Waals surface area contributed by atoms with Crippen LogP contribution in [-0.4, -0.2) is 23.9 Å². The predicted molar refractivity (Wildman–Crippen MR) is 56.6 cm³/mol. The highest BCUT2D eigenvalue weighted by atomic mass is 16.5. The third-order valence-electron chi connectivity index (χ3n) is 3.31. The molecule has 1 aromatic rings. The highest BCUT2D eigenvalue weighted by Gasteiger charge is 2.33. The van der Waals surface area contributed by atoms with Crippen LogP contribution < -0.4 is 0 Å². The van der Waals surface area contributed by atoms with E-state index in [2.05, 4.69) is 0 Å². The van der Waals surface area contributed by atoms with Gasteiger partial charge in [0, 0.05) is 13.5 Å². The summed E-state index contributed by atoms with van der Waals surface area (Å²) in [5.41, 5.74) is 0.521. The normalized spacial score (nSPS) is 31.7. The van der Waals surface area contributed by atoms with E-state index < -0.39 is 5.60 Å². The van der Waals surface area contributed by atoms with Crippen LogP contribution in [0, 0.1) is 0 Å². The van der Waals surface area contributed by atoms with Crippen molar-refractivity contribution >= 4 is 0 Å².